The van der Waals surface area contributed by atoms with E-state index in [0.717, 1.165) is 4.86 Å². The smallest absolute Gasteiger partial charge is 0.192 e. The zero-order chi connectivity index (χ0) is 10.7. The predicted octanol–water partition coefficient (Wildman–Crippen LogP) is 2.52. The zero-order valence-electron chi connectivity index (χ0n) is 8.01. The minimum Gasteiger partial charge on any atom is -0.289 e. The Hall–Kier alpha value is -1.61. The second kappa shape index (κ2) is 4.28. The molecule has 0 aliphatic heterocycles. The summed E-state index contributed by atoms with van der Waals surface area (Å²) in [5.41, 5.74) is 1.36. The summed E-state index contributed by atoms with van der Waals surface area (Å²) in [5, 5.41) is 0. The van der Waals surface area contributed by atoms with Gasteiger partial charge in [0.2, 0.25) is 0 Å². The topological polar surface area (TPSA) is 30.0 Å². The Bertz CT molecular complexity index is 460. The number of nitrogens with zero attached hydrogens (tertiary/aromatic N) is 1. The van der Waals surface area contributed by atoms with Crippen LogP contribution in [0.1, 0.15) is 16.8 Å². The van der Waals surface area contributed by atoms with E-state index in [2.05, 4.69) is 4.98 Å². The fraction of sp³-hybridized carbons (Fsp3) is 0.0833. The van der Waals surface area contributed by atoms with Gasteiger partial charge in [0.15, 0.2) is 5.78 Å². The molecule has 0 atom stereocenters. The van der Waals surface area contributed by atoms with Crippen molar-refractivity contribution in [1.82, 2.24) is 4.98 Å². The number of pyridine rings is 1. The minimum atomic E-state index is 0.0242. The van der Waals surface area contributed by atoms with E-state index >= 15 is 0 Å². The van der Waals surface area contributed by atoms with E-state index in [4.69, 9.17) is 12.2 Å². The van der Waals surface area contributed by atoms with Gasteiger partial charge in [0.1, 0.15) is 0 Å². The molecule has 0 unspecified atom stereocenters. The lowest BCUT2D eigenvalue weighted by molar-refractivity contribution is 0.103. The van der Waals surface area contributed by atoms with Crippen LogP contribution in [-0.2, 0) is 0 Å². The van der Waals surface area contributed by atoms with Crippen molar-refractivity contribution < 1.29 is 4.79 Å². The second-order valence-electron chi connectivity index (χ2n) is 3.23. The van der Waals surface area contributed by atoms with Crippen molar-refractivity contribution in [2.45, 2.75) is 6.42 Å². The first kappa shape index (κ1) is 9.93. The summed E-state index contributed by atoms with van der Waals surface area (Å²) in [6, 6.07) is 3.42. The lowest BCUT2D eigenvalue weighted by Crippen LogP contribution is -2.05. The van der Waals surface area contributed by atoms with Crippen LogP contribution in [-0.4, -0.2) is 15.6 Å². The van der Waals surface area contributed by atoms with E-state index in [1.54, 1.807) is 30.6 Å². The number of aromatic nitrogens is 1. The standard InChI is InChI=1S/C12H9NOS/c14-12(10-5-7-13-8-6-10)9-1-3-11(15)4-2-9/h1-3,5-8H,4H2. The molecule has 1 aromatic rings. The molecule has 0 radical (unpaired) electrons. The minimum absolute atomic E-state index is 0.0242. The molecule has 2 rings (SSSR count). The highest BCUT2D eigenvalue weighted by Gasteiger charge is 2.11. The summed E-state index contributed by atoms with van der Waals surface area (Å²) in [6.45, 7) is 0. The van der Waals surface area contributed by atoms with Gasteiger partial charge in [-0.15, -0.1) is 0 Å². The number of hydrogen-bond donors (Lipinski definition) is 0. The van der Waals surface area contributed by atoms with Crippen molar-refractivity contribution in [2.75, 3.05) is 0 Å². The Morgan fingerprint density at radius 3 is 2.60 bits per heavy atom. The molecule has 0 amide bonds. The van der Waals surface area contributed by atoms with Gasteiger partial charge < -0.3 is 0 Å². The highest BCUT2D eigenvalue weighted by molar-refractivity contribution is 7.80. The second-order valence-corrected chi connectivity index (χ2v) is 3.75. The Morgan fingerprint density at radius 1 is 1.27 bits per heavy atom. The molecule has 1 aliphatic rings. The molecule has 0 saturated carbocycles. The highest BCUT2D eigenvalue weighted by atomic mass is 32.1. The molecular formula is C12H9NOS. The molecule has 0 N–H and O–H groups in total. The predicted molar refractivity (Wildman–Crippen MR) is 63.0 cm³/mol. The molecular weight excluding hydrogens is 206 g/mol. The third-order valence-corrected chi connectivity index (χ3v) is 2.48. The van der Waals surface area contributed by atoms with Crippen molar-refractivity contribution in [1.29, 1.82) is 0 Å². The van der Waals surface area contributed by atoms with Crippen LogP contribution in [0.4, 0.5) is 0 Å². The lowest BCUT2D eigenvalue weighted by Gasteiger charge is -2.06. The van der Waals surface area contributed by atoms with E-state index in [0.29, 0.717) is 17.6 Å². The number of Topliss-reactive ketones (excluding diaryl/α,β-unsaturated/α-hetero) is 1. The third-order valence-electron chi connectivity index (χ3n) is 2.18. The van der Waals surface area contributed by atoms with Gasteiger partial charge in [0.05, 0.1) is 0 Å². The lowest BCUT2D eigenvalue weighted by atomic mass is 9.99. The maximum absolute atomic E-state index is 11.9. The molecule has 0 saturated heterocycles. The number of carbonyl (C=O) groups excluding carboxylic acids is 1. The van der Waals surface area contributed by atoms with Crippen LogP contribution in [0, 0.1) is 0 Å². The average Bonchev–Trinajstić information content (AvgIpc) is 2.30. The van der Waals surface area contributed by atoms with Crippen LogP contribution in [0.5, 0.6) is 0 Å². The molecule has 0 aromatic carbocycles. The molecule has 0 fully saturated rings. The summed E-state index contributed by atoms with van der Waals surface area (Å²) in [7, 11) is 0. The summed E-state index contributed by atoms with van der Waals surface area (Å²) in [6.07, 6.45) is 9.36. The van der Waals surface area contributed by atoms with Crippen LogP contribution >= 0.6 is 12.2 Å². The van der Waals surface area contributed by atoms with Crippen molar-refractivity contribution >= 4 is 22.9 Å². The zero-order valence-corrected chi connectivity index (χ0v) is 8.83. The van der Waals surface area contributed by atoms with E-state index < -0.39 is 0 Å². The van der Waals surface area contributed by atoms with Gasteiger partial charge in [-0.25, -0.2) is 0 Å². The number of hydrogen-bond acceptors (Lipinski definition) is 3. The van der Waals surface area contributed by atoms with Crippen LogP contribution in [0.3, 0.4) is 0 Å². The van der Waals surface area contributed by atoms with Crippen LogP contribution in [0.25, 0.3) is 0 Å². The fourth-order valence-corrected chi connectivity index (χ4v) is 1.52. The first-order valence-electron chi connectivity index (χ1n) is 4.63. The summed E-state index contributed by atoms with van der Waals surface area (Å²) in [4.78, 5) is 16.7. The Morgan fingerprint density at radius 2 is 2.00 bits per heavy atom. The SMILES string of the molecule is O=C(C1=CCC(=S)C=C1)c1ccncc1. The molecule has 1 aliphatic carbocycles. The quantitative estimate of drug-likeness (QED) is 0.561. The van der Waals surface area contributed by atoms with Crippen LogP contribution in [0.2, 0.25) is 0 Å². The van der Waals surface area contributed by atoms with E-state index in [9.17, 15) is 4.79 Å². The van der Waals surface area contributed by atoms with Gasteiger partial charge in [-0.3, -0.25) is 9.78 Å². The van der Waals surface area contributed by atoms with Gasteiger partial charge in [-0.2, -0.15) is 0 Å². The normalized spacial score (nSPS) is 14.9. The number of rotatable bonds is 2. The molecule has 2 nitrogen and oxygen atoms in total. The van der Waals surface area contributed by atoms with Gasteiger partial charge in [0, 0.05) is 34.8 Å². The van der Waals surface area contributed by atoms with Crippen molar-refractivity contribution in [3.8, 4) is 0 Å². The fourth-order valence-electron chi connectivity index (χ4n) is 1.37. The molecule has 74 valence electrons. The Kier molecular flexibility index (Phi) is 2.83. The highest BCUT2D eigenvalue weighted by Crippen LogP contribution is 2.14. The van der Waals surface area contributed by atoms with Crippen LogP contribution < -0.4 is 0 Å². The number of thiocarbonyl (C=S) groups is 1. The monoisotopic (exact) mass is 215 g/mol. The van der Waals surface area contributed by atoms with E-state index in [-0.39, 0.29) is 5.78 Å². The van der Waals surface area contributed by atoms with Crippen molar-refractivity contribution in [3.05, 3.63) is 53.9 Å². The Balaban J connectivity index is 2.24. The summed E-state index contributed by atoms with van der Waals surface area (Å²) in [5.74, 6) is 0.0242. The Labute approximate surface area is 93.3 Å². The van der Waals surface area contributed by atoms with Crippen molar-refractivity contribution in [2.24, 2.45) is 0 Å². The molecule has 1 aromatic heterocycles. The largest absolute Gasteiger partial charge is 0.289 e. The maximum atomic E-state index is 11.9. The van der Waals surface area contributed by atoms with Gasteiger partial charge in [0.25, 0.3) is 0 Å². The number of carbonyl (C=O) groups is 1. The van der Waals surface area contributed by atoms with Gasteiger partial charge >= 0.3 is 0 Å². The first-order chi connectivity index (χ1) is 7.27. The average molecular weight is 215 g/mol. The van der Waals surface area contributed by atoms with E-state index in [1.165, 1.54) is 0 Å². The molecule has 0 spiro atoms. The molecule has 1 heterocycles. The van der Waals surface area contributed by atoms with Crippen LogP contribution in [0.15, 0.2) is 48.3 Å². The van der Waals surface area contributed by atoms with Gasteiger partial charge in [-0.1, -0.05) is 24.4 Å². The van der Waals surface area contributed by atoms with E-state index in [1.807, 2.05) is 12.2 Å². The summed E-state index contributed by atoms with van der Waals surface area (Å²) >= 11 is 5.01. The number of allylic oxidation sites excluding steroid dienone is 4. The van der Waals surface area contributed by atoms with Crippen molar-refractivity contribution in [3.63, 3.8) is 0 Å². The third kappa shape index (κ3) is 2.25. The molecule has 3 heteroatoms. The maximum Gasteiger partial charge on any atom is 0.192 e. The number of ketones is 1. The first-order valence-corrected chi connectivity index (χ1v) is 5.04. The molecule has 15 heavy (non-hydrogen) atoms. The summed E-state index contributed by atoms with van der Waals surface area (Å²) < 4.78 is 0. The van der Waals surface area contributed by atoms with Gasteiger partial charge in [-0.05, 0) is 18.2 Å². The molecule has 0 bridgehead atoms.